The van der Waals surface area contributed by atoms with Crippen molar-refractivity contribution in [3.63, 3.8) is 0 Å². The molecule has 1 fully saturated rings. The third-order valence-electron chi connectivity index (χ3n) is 1.84. The van der Waals surface area contributed by atoms with Crippen molar-refractivity contribution in [2.24, 2.45) is 0 Å². The van der Waals surface area contributed by atoms with Crippen LogP contribution in [0.25, 0.3) is 0 Å². The fraction of sp³-hybridized carbons (Fsp3) is 1.00. The Balaban J connectivity index is 2.58. The highest BCUT2D eigenvalue weighted by molar-refractivity contribution is 7.80. The molecule has 5 nitrogen and oxygen atoms in total. The van der Waals surface area contributed by atoms with Crippen molar-refractivity contribution in [3.05, 3.63) is 0 Å². The molecule has 1 heterocycles. The summed E-state index contributed by atoms with van der Waals surface area (Å²) < 4.78 is 4.89. The molecule has 0 aromatic carbocycles. The number of aliphatic hydroxyl groups excluding tert-OH is 4. The molecule has 0 radical (unpaired) electrons. The van der Waals surface area contributed by atoms with E-state index < -0.39 is 36.5 Å². The van der Waals surface area contributed by atoms with Crippen LogP contribution in [-0.2, 0) is 4.74 Å². The second-order valence-electron chi connectivity index (χ2n) is 2.72. The molecule has 1 aliphatic heterocycles. The van der Waals surface area contributed by atoms with Crippen molar-refractivity contribution in [2.45, 2.75) is 29.9 Å². The molecule has 0 amide bonds. The minimum Gasteiger partial charge on any atom is -0.394 e. The second-order valence-corrected chi connectivity index (χ2v) is 3.23. The Bertz CT molecular complexity index is 155. The van der Waals surface area contributed by atoms with E-state index in [0.717, 1.165) is 0 Å². The summed E-state index contributed by atoms with van der Waals surface area (Å²) in [5.74, 6) is 0. The highest BCUT2D eigenvalue weighted by Gasteiger charge is 2.44. The van der Waals surface area contributed by atoms with Crippen LogP contribution in [0.3, 0.4) is 0 Å². The summed E-state index contributed by atoms with van der Waals surface area (Å²) in [5.41, 5.74) is -0.814. The van der Waals surface area contributed by atoms with Gasteiger partial charge in [0.1, 0.15) is 29.9 Å². The Morgan fingerprint density at radius 3 is 2.25 bits per heavy atom. The van der Waals surface area contributed by atoms with E-state index in [4.69, 9.17) is 20.1 Å². The average Bonchev–Trinajstić information content (AvgIpc) is 2.32. The van der Waals surface area contributed by atoms with Crippen LogP contribution in [0.5, 0.6) is 0 Å². The lowest BCUT2D eigenvalue weighted by molar-refractivity contribution is -0.0711. The summed E-state index contributed by atoms with van der Waals surface area (Å²) in [6, 6.07) is 0. The highest BCUT2D eigenvalue weighted by Crippen LogP contribution is 2.25. The van der Waals surface area contributed by atoms with Crippen LogP contribution < -0.4 is 0 Å². The van der Waals surface area contributed by atoms with Gasteiger partial charge in [-0.3, -0.25) is 0 Å². The minimum atomic E-state index is -1.20. The SMILES string of the molecule is OC[C@@H](O)[C@@H]1OC(S)[C@H](O)[C@H]1O. The highest BCUT2D eigenvalue weighted by atomic mass is 32.1. The quantitative estimate of drug-likeness (QED) is 0.321. The maximum atomic E-state index is 9.23. The van der Waals surface area contributed by atoms with Crippen molar-refractivity contribution < 1.29 is 25.2 Å². The molecule has 6 heteroatoms. The maximum absolute atomic E-state index is 9.23. The molecule has 0 saturated carbocycles. The Kier molecular flexibility index (Phi) is 3.33. The van der Waals surface area contributed by atoms with Crippen molar-refractivity contribution in [3.8, 4) is 0 Å². The molecule has 0 aromatic rings. The van der Waals surface area contributed by atoms with E-state index in [0.29, 0.717) is 0 Å². The van der Waals surface area contributed by atoms with E-state index in [2.05, 4.69) is 12.6 Å². The van der Waals surface area contributed by atoms with E-state index in [1.54, 1.807) is 0 Å². The van der Waals surface area contributed by atoms with E-state index in [1.807, 2.05) is 0 Å². The molecule has 1 saturated heterocycles. The summed E-state index contributed by atoms with van der Waals surface area (Å²) in [6.07, 6.45) is -4.48. The number of hydrogen-bond donors (Lipinski definition) is 5. The van der Waals surface area contributed by atoms with Crippen LogP contribution in [-0.4, -0.2) is 56.9 Å². The van der Waals surface area contributed by atoms with Gasteiger partial charge in [0.05, 0.1) is 6.61 Å². The van der Waals surface area contributed by atoms with Gasteiger partial charge in [0.15, 0.2) is 0 Å². The molecule has 1 aliphatic rings. The molecule has 12 heavy (non-hydrogen) atoms. The standard InChI is InChI=1S/C6H12O5S/c7-1-2(8)5-3(9)4(10)6(12)11-5/h2-10,12H,1H2/t2-,3-,4-,5+,6?/m1/s1. The molecular weight excluding hydrogens is 184 g/mol. The Morgan fingerprint density at radius 2 is 1.92 bits per heavy atom. The molecule has 0 bridgehead atoms. The smallest absolute Gasteiger partial charge is 0.129 e. The topological polar surface area (TPSA) is 90.2 Å². The van der Waals surface area contributed by atoms with Gasteiger partial charge in [-0.05, 0) is 0 Å². The van der Waals surface area contributed by atoms with Gasteiger partial charge in [0.25, 0.3) is 0 Å². The minimum absolute atomic E-state index is 0.519. The van der Waals surface area contributed by atoms with Gasteiger partial charge in [-0.25, -0.2) is 0 Å². The van der Waals surface area contributed by atoms with Gasteiger partial charge in [-0.15, -0.1) is 12.6 Å². The third-order valence-corrected chi connectivity index (χ3v) is 2.27. The number of aliphatic hydroxyl groups is 4. The normalized spacial score (nSPS) is 44.8. The summed E-state index contributed by atoms with van der Waals surface area (Å²) >= 11 is 3.81. The summed E-state index contributed by atoms with van der Waals surface area (Å²) in [4.78, 5) is 0. The molecular formula is C6H12O5S. The molecule has 1 rings (SSSR count). The molecule has 5 atom stereocenters. The monoisotopic (exact) mass is 196 g/mol. The maximum Gasteiger partial charge on any atom is 0.129 e. The van der Waals surface area contributed by atoms with Crippen LogP contribution in [0.15, 0.2) is 0 Å². The van der Waals surface area contributed by atoms with Crippen molar-refractivity contribution in [1.82, 2.24) is 0 Å². The van der Waals surface area contributed by atoms with Gasteiger partial charge in [-0.1, -0.05) is 0 Å². The first-order chi connectivity index (χ1) is 5.57. The first-order valence-electron chi connectivity index (χ1n) is 3.56. The van der Waals surface area contributed by atoms with Crippen LogP contribution >= 0.6 is 12.6 Å². The zero-order chi connectivity index (χ0) is 9.30. The largest absolute Gasteiger partial charge is 0.394 e. The van der Waals surface area contributed by atoms with Crippen LogP contribution in [0.4, 0.5) is 0 Å². The van der Waals surface area contributed by atoms with Gasteiger partial charge < -0.3 is 25.2 Å². The van der Waals surface area contributed by atoms with E-state index in [9.17, 15) is 5.11 Å². The van der Waals surface area contributed by atoms with Crippen molar-refractivity contribution >= 4 is 12.6 Å². The van der Waals surface area contributed by atoms with Crippen LogP contribution in [0.2, 0.25) is 0 Å². The molecule has 72 valence electrons. The Labute approximate surface area is 75.0 Å². The van der Waals surface area contributed by atoms with E-state index in [1.165, 1.54) is 0 Å². The lowest BCUT2D eigenvalue weighted by Gasteiger charge is -2.18. The molecule has 0 aliphatic carbocycles. The fourth-order valence-corrected chi connectivity index (χ4v) is 1.42. The predicted octanol–water partition coefficient (Wildman–Crippen LogP) is -2.28. The van der Waals surface area contributed by atoms with Gasteiger partial charge in [-0.2, -0.15) is 0 Å². The molecule has 4 N–H and O–H groups in total. The van der Waals surface area contributed by atoms with Crippen LogP contribution in [0, 0.1) is 0 Å². The number of thiol groups is 1. The van der Waals surface area contributed by atoms with E-state index in [-0.39, 0.29) is 0 Å². The van der Waals surface area contributed by atoms with Gasteiger partial charge in [0.2, 0.25) is 0 Å². The lowest BCUT2D eigenvalue weighted by atomic mass is 10.1. The Hall–Kier alpha value is 0.150. The number of ether oxygens (including phenoxy) is 1. The summed E-state index contributed by atoms with van der Waals surface area (Å²) in [5, 5.41) is 36.0. The number of hydrogen-bond acceptors (Lipinski definition) is 6. The Morgan fingerprint density at radius 1 is 1.33 bits per heavy atom. The summed E-state index contributed by atoms with van der Waals surface area (Å²) in [7, 11) is 0. The summed E-state index contributed by atoms with van der Waals surface area (Å²) in [6.45, 7) is -0.519. The third kappa shape index (κ3) is 1.73. The first kappa shape index (κ1) is 10.2. The van der Waals surface area contributed by atoms with Crippen molar-refractivity contribution in [2.75, 3.05) is 6.61 Å². The average molecular weight is 196 g/mol. The van der Waals surface area contributed by atoms with E-state index >= 15 is 0 Å². The molecule has 1 unspecified atom stereocenters. The van der Waals surface area contributed by atoms with Gasteiger partial charge in [0, 0.05) is 0 Å². The zero-order valence-corrected chi connectivity index (χ0v) is 7.13. The molecule has 0 spiro atoms. The molecule has 0 aromatic heterocycles. The van der Waals surface area contributed by atoms with Crippen LogP contribution in [0.1, 0.15) is 0 Å². The second kappa shape index (κ2) is 3.91. The van der Waals surface area contributed by atoms with Gasteiger partial charge >= 0.3 is 0 Å². The first-order valence-corrected chi connectivity index (χ1v) is 4.08. The zero-order valence-electron chi connectivity index (χ0n) is 6.24. The fourth-order valence-electron chi connectivity index (χ4n) is 1.11. The van der Waals surface area contributed by atoms with Crippen molar-refractivity contribution in [1.29, 1.82) is 0 Å². The predicted molar refractivity (Wildman–Crippen MR) is 42.8 cm³/mol. The lowest BCUT2D eigenvalue weighted by Crippen LogP contribution is -2.40. The number of rotatable bonds is 2.